The molecular weight excluding hydrogens is 318 g/mol. The van der Waals surface area contributed by atoms with Crippen molar-refractivity contribution in [3.8, 4) is 0 Å². The van der Waals surface area contributed by atoms with Crippen molar-refractivity contribution in [2.45, 2.75) is 61.3 Å². The van der Waals surface area contributed by atoms with Crippen molar-refractivity contribution in [3.63, 3.8) is 0 Å². The van der Waals surface area contributed by atoms with E-state index >= 15 is 0 Å². The fraction of sp³-hybridized carbons (Fsp3) is 1.00. The lowest BCUT2D eigenvalue weighted by Crippen LogP contribution is -2.65. The lowest BCUT2D eigenvalue weighted by molar-refractivity contribution is -0.361. The first-order valence-corrected chi connectivity index (χ1v) is 7.15. The van der Waals surface area contributed by atoms with Crippen molar-refractivity contribution in [2.75, 3.05) is 13.2 Å². The molecule has 0 aliphatic carbocycles. The molecule has 0 amide bonds. The minimum absolute atomic E-state index is 0.612. The van der Waals surface area contributed by atoms with Crippen molar-refractivity contribution in [1.29, 1.82) is 0 Å². The molecule has 2 rings (SSSR count). The van der Waals surface area contributed by atoms with Crippen LogP contribution in [0.25, 0.3) is 0 Å². The van der Waals surface area contributed by atoms with Crippen LogP contribution >= 0.6 is 0 Å². The Bertz CT molecular complexity index is 349. The zero-order valence-corrected chi connectivity index (χ0v) is 12.1. The number of nitrogens with two attached hydrogens (primary N) is 1. The normalized spacial score (nSPS) is 51.7. The van der Waals surface area contributed by atoms with Gasteiger partial charge in [0, 0.05) is 0 Å². The molecule has 2 aliphatic rings. The molecule has 0 saturated carbocycles. The number of aliphatic hydroxyl groups is 7. The highest BCUT2D eigenvalue weighted by Gasteiger charge is 2.48. The molecule has 23 heavy (non-hydrogen) atoms. The van der Waals surface area contributed by atoms with Gasteiger partial charge in [-0.15, -0.1) is 0 Å². The van der Waals surface area contributed by atoms with E-state index in [1.54, 1.807) is 0 Å². The molecule has 11 heteroatoms. The molecule has 2 fully saturated rings. The van der Waals surface area contributed by atoms with Crippen molar-refractivity contribution in [3.05, 3.63) is 0 Å². The highest BCUT2D eigenvalue weighted by Crippen LogP contribution is 2.27. The second kappa shape index (κ2) is 7.63. The summed E-state index contributed by atoms with van der Waals surface area (Å²) in [6, 6.07) is -1.22. The summed E-state index contributed by atoms with van der Waals surface area (Å²) in [6.07, 6.45) is -13.0. The van der Waals surface area contributed by atoms with Gasteiger partial charge in [-0.05, 0) is 0 Å². The lowest BCUT2D eigenvalue weighted by atomic mass is 9.97. The van der Waals surface area contributed by atoms with Crippen LogP contribution in [0.3, 0.4) is 0 Å². The first kappa shape index (κ1) is 18.9. The predicted molar refractivity (Wildman–Crippen MR) is 70.6 cm³/mol. The molecular formula is C12H23NO10. The van der Waals surface area contributed by atoms with Crippen LogP contribution in [0.4, 0.5) is 0 Å². The van der Waals surface area contributed by atoms with E-state index in [2.05, 4.69) is 0 Å². The topological polar surface area (TPSA) is 195 Å². The summed E-state index contributed by atoms with van der Waals surface area (Å²) in [7, 11) is 0. The molecule has 0 bridgehead atoms. The lowest BCUT2D eigenvalue weighted by Gasteiger charge is -2.45. The van der Waals surface area contributed by atoms with Crippen LogP contribution in [0.2, 0.25) is 0 Å². The van der Waals surface area contributed by atoms with Crippen LogP contribution in [0, 0.1) is 0 Å². The van der Waals surface area contributed by atoms with E-state index in [4.69, 9.17) is 30.2 Å². The van der Waals surface area contributed by atoms with Gasteiger partial charge >= 0.3 is 0 Å². The van der Waals surface area contributed by atoms with Crippen LogP contribution in [-0.2, 0) is 14.2 Å². The first-order chi connectivity index (χ1) is 10.8. The highest BCUT2D eigenvalue weighted by atomic mass is 16.8. The molecule has 2 saturated heterocycles. The van der Waals surface area contributed by atoms with Gasteiger partial charge in [-0.1, -0.05) is 0 Å². The van der Waals surface area contributed by atoms with Crippen LogP contribution in [-0.4, -0.2) is 110 Å². The van der Waals surface area contributed by atoms with E-state index in [0.29, 0.717) is 0 Å². The summed E-state index contributed by atoms with van der Waals surface area (Å²) < 4.78 is 15.6. The maximum atomic E-state index is 9.88. The molecule has 0 spiro atoms. The largest absolute Gasteiger partial charge is 0.394 e. The summed E-state index contributed by atoms with van der Waals surface area (Å²) in [6.45, 7) is -1.25. The standard InChI is InChI=1S/C12H23NO10/c13-5-8(18)6(16)3(1-14)21-11(5)23-12-10(20)9(19)7(17)4(2-15)22-12/h3-12,14-20H,1-2,13H2/t3-,4-,5-,6-,7-,8-,9+,10-,11-,12+/m1/s1. The Kier molecular flexibility index (Phi) is 6.27. The summed E-state index contributed by atoms with van der Waals surface area (Å²) >= 11 is 0. The van der Waals surface area contributed by atoms with Gasteiger partial charge < -0.3 is 55.7 Å². The Morgan fingerprint density at radius 3 is 1.70 bits per heavy atom. The number of rotatable bonds is 4. The molecule has 11 nitrogen and oxygen atoms in total. The maximum Gasteiger partial charge on any atom is 0.189 e. The summed E-state index contributed by atoms with van der Waals surface area (Å²) in [5.41, 5.74) is 5.68. The van der Waals surface area contributed by atoms with Crippen LogP contribution in [0.5, 0.6) is 0 Å². The maximum absolute atomic E-state index is 9.88. The Morgan fingerprint density at radius 1 is 0.696 bits per heavy atom. The molecule has 136 valence electrons. The number of ether oxygens (including phenoxy) is 3. The van der Waals surface area contributed by atoms with Crippen LogP contribution in [0.1, 0.15) is 0 Å². The second-order valence-electron chi connectivity index (χ2n) is 5.62. The molecule has 10 atom stereocenters. The van der Waals surface area contributed by atoms with Crippen molar-refractivity contribution in [2.24, 2.45) is 5.73 Å². The van der Waals surface area contributed by atoms with Gasteiger partial charge in [0.25, 0.3) is 0 Å². The van der Waals surface area contributed by atoms with Gasteiger partial charge in [0.15, 0.2) is 12.6 Å². The summed E-state index contributed by atoms with van der Waals surface area (Å²) in [5.74, 6) is 0. The number of hydrogen-bond donors (Lipinski definition) is 8. The summed E-state index contributed by atoms with van der Waals surface area (Å²) in [4.78, 5) is 0. The van der Waals surface area contributed by atoms with E-state index in [9.17, 15) is 25.5 Å². The van der Waals surface area contributed by atoms with E-state index in [0.717, 1.165) is 0 Å². The smallest absolute Gasteiger partial charge is 0.189 e. The molecule has 0 aromatic rings. The zero-order chi connectivity index (χ0) is 17.3. The van der Waals surface area contributed by atoms with Crippen molar-refractivity contribution >= 4 is 0 Å². The van der Waals surface area contributed by atoms with Gasteiger partial charge in [0.1, 0.15) is 42.7 Å². The molecule has 0 radical (unpaired) electrons. The average Bonchev–Trinajstić information content (AvgIpc) is 2.55. The average molecular weight is 341 g/mol. The van der Waals surface area contributed by atoms with Gasteiger partial charge in [-0.25, -0.2) is 0 Å². The molecule has 0 aromatic carbocycles. The minimum Gasteiger partial charge on any atom is -0.394 e. The Morgan fingerprint density at radius 2 is 1.17 bits per heavy atom. The second-order valence-corrected chi connectivity index (χ2v) is 5.62. The Balaban J connectivity index is 2.07. The third-order valence-corrected chi connectivity index (χ3v) is 4.05. The van der Waals surface area contributed by atoms with E-state index in [1.165, 1.54) is 0 Å². The third kappa shape index (κ3) is 3.65. The molecule has 2 aliphatic heterocycles. The quantitative estimate of drug-likeness (QED) is 0.243. The molecule has 0 unspecified atom stereocenters. The number of aliphatic hydroxyl groups excluding tert-OH is 7. The van der Waals surface area contributed by atoms with Gasteiger partial charge in [0.2, 0.25) is 0 Å². The van der Waals surface area contributed by atoms with E-state index < -0.39 is 74.6 Å². The fourth-order valence-electron chi connectivity index (χ4n) is 2.54. The third-order valence-electron chi connectivity index (χ3n) is 4.05. The van der Waals surface area contributed by atoms with Crippen molar-refractivity contribution < 1.29 is 50.0 Å². The van der Waals surface area contributed by atoms with Crippen LogP contribution in [0.15, 0.2) is 0 Å². The van der Waals surface area contributed by atoms with Gasteiger partial charge in [-0.3, -0.25) is 0 Å². The van der Waals surface area contributed by atoms with E-state index in [-0.39, 0.29) is 0 Å². The molecule has 0 aromatic heterocycles. The monoisotopic (exact) mass is 341 g/mol. The predicted octanol–water partition coefficient (Wildman–Crippen LogP) is -5.43. The Labute approximate surface area is 131 Å². The first-order valence-electron chi connectivity index (χ1n) is 7.15. The number of hydrogen-bond acceptors (Lipinski definition) is 11. The van der Waals surface area contributed by atoms with E-state index in [1.807, 2.05) is 0 Å². The molecule has 2 heterocycles. The van der Waals surface area contributed by atoms with Gasteiger partial charge in [0.05, 0.1) is 19.3 Å². The summed E-state index contributed by atoms with van der Waals surface area (Å²) in [5, 5.41) is 67.0. The van der Waals surface area contributed by atoms with Crippen molar-refractivity contribution in [1.82, 2.24) is 0 Å². The van der Waals surface area contributed by atoms with Gasteiger partial charge in [-0.2, -0.15) is 0 Å². The fourth-order valence-corrected chi connectivity index (χ4v) is 2.54. The Hall–Kier alpha value is -0.440. The minimum atomic E-state index is -1.67. The highest BCUT2D eigenvalue weighted by molar-refractivity contribution is 4.93. The SMILES string of the molecule is N[C@H]1[C@@H](O[C@@H]2O[C@H](CO)[C@@H](O)[C@H](O)[C@H]2O)O[C@H](CO)[C@@H](O)[C@@H]1O. The van der Waals surface area contributed by atoms with Crippen LogP contribution < -0.4 is 5.73 Å². The molecule has 9 N–H and O–H groups in total. The zero-order valence-electron chi connectivity index (χ0n) is 12.1.